The zero-order valence-corrected chi connectivity index (χ0v) is 19.4. The third-order valence-electron chi connectivity index (χ3n) is 4.77. The van der Waals surface area contributed by atoms with Crippen molar-refractivity contribution in [2.75, 3.05) is 37.3 Å². The quantitative estimate of drug-likeness (QED) is 0.527. The average molecular weight is 515 g/mol. The van der Waals surface area contributed by atoms with Crippen LogP contribution in [0.25, 0.3) is 10.2 Å². The third-order valence-corrected chi connectivity index (χ3v) is 7.80. The number of amides is 1. The highest BCUT2D eigenvalue weighted by Gasteiger charge is 2.26. The van der Waals surface area contributed by atoms with E-state index in [1.54, 1.807) is 35.2 Å². The van der Waals surface area contributed by atoms with Crippen LogP contribution < -0.4 is 4.90 Å². The van der Waals surface area contributed by atoms with Gasteiger partial charge in [0.2, 0.25) is 0 Å². The fourth-order valence-electron chi connectivity index (χ4n) is 3.28. The van der Waals surface area contributed by atoms with E-state index < -0.39 is 9.84 Å². The smallest absolute Gasteiger partial charge is 0.255 e. The molecule has 0 aliphatic carbocycles. The molecule has 2 aromatic carbocycles. The molecule has 0 radical (unpaired) electrons. The summed E-state index contributed by atoms with van der Waals surface area (Å²) in [6, 6.07) is 10.4. The molecule has 0 N–H and O–H groups in total. The van der Waals surface area contributed by atoms with Crippen LogP contribution in [-0.4, -0.2) is 56.6 Å². The Morgan fingerprint density at radius 2 is 1.90 bits per heavy atom. The monoisotopic (exact) mass is 513 g/mol. The van der Waals surface area contributed by atoms with E-state index in [4.69, 9.17) is 11.6 Å². The van der Waals surface area contributed by atoms with Gasteiger partial charge < -0.3 is 9.80 Å². The first-order valence-corrected chi connectivity index (χ1v) is 12.7. The molecule has 10 heteroatoms. The molecule has 4 rings (SSSR count). The van der Waals surface area contributed by atoms with Crippen molar-refractivity contribution in [3.05, 3.63) is 51.5 Å². The summed E-state index contributed by atoms with van der Waals surface area (Å²) in [7, 11) is -3.35. The summed E-state index contributed by atoms with van der Waals surface area (Å²) >= 11 is 11.0. The maximum Gasteiger partial charge on any atom is 0.255 e. The topological polar surface area (TPSA) is 70.6 Å². The lowest BCUT2D eigenvalue weighted by Crippen LogP contribution is -2.48. The number of hydrogen-bond acceptors (Lipinski definition) is 6. The van der Waals surface area contributed by atoms with Gasteiger partial charge in [-0.15, -0.1) is 0 Å². The van der Waals surface area contributed by atoms with Gasteiger partial charge in [0.1, 0.15) is 5.52 Å². The maximum atomic E-state index is 12.8. The fourth-order valence-corrected chi connectivity index (χ4v) is 5.78. The van der Waals surface area contributed by atoms with E-state index in [0.717, 1.165) is 14.3 Å². The van der Waals surface area contributed by atoms with Crippen molar-refractivity contribution >= 4 is 70.0 Å². The summed E-state index contributed by atoms with van der Waals surface area (Å²) in [4.78, 5) is 21.5. The van der Waals surface area contributed by atoms with E-state index in [1.807, 2.05) is 6.07 Å². The molecule has 1 aliphatic heterocycles. The second kappa shape index (κ2) is 7.86. The predicted octanol–water partition coefficient (Wildman–Crippen LogP) is 4.08. The molecule has 1 aliphatic rings. The molecule has 1 saturated heterocycles. The van der Waals surface area contributed by atoms with E-state index in [2.05, 4.69) is 25.8 Å². The van der Waals surface area contributed by atoms with Crippen molar-refractivity contribution < 1.29 is 13.2 Å². The molecule has 0 unspecified atom stereocenters. The number of piperazine rings is 1. The standard InChI is InChI=1S/C19H17BrClN3O3S2/c1-29(26,27)16-4-2-3-15-17(16)22-19(28-15)24-9-7-23(8-10-24)18(25)13-11-12(20)5-6-14(13)21/h2-6,11H,7-10H2,1H3. The normalized spacial score (nSPS) is 15.1. The minimum Gasteiger partial charge on any atom is -0.345 e. The minimum atomic E-state index is -3.35. The van der Waals surface area contributed by atoms with Crippen molar-refractivity contribution in [1.29, 1.82) is 0 Å². The van der Waals surface area contributed by atoms with Crippen LogP contribution in [0.1, 0.15) is 10.4 Å². The van der Waals surface area contributed by atoms with Gasteiger partial charge in [-0.05, 0) is 30.3 Å². The molecule has 6 nitrogen and oxygen atoms in total. The van der Waals surface area contributed by atoms with Gasteiger partial charge in [0.25, 0.3) is 5.91 Å². The number of nitrogens with zero attached hydrogens (tertiary/aromatic N) is 3. The van der Waals surface area contributed by atoms with E-state index >= 15 is 0 Å². The number of para-hydroxylation sites is 1. The van der Waals surface area contributed by atoms with Crippen LogP contribution in [0.2, 0.25) is 5.02 Å². The van der Waals surface area contributed by atoms with Crippen LogP contribution in [0.3, 0.4) is 0 Å². The first kappa shape index (κ1) is 20.6. The minimum absolute atomic E-state index is 0.0976. The van der Waals surface area contributed by atoms with Gasteiger partial charge in [-0.2, -0.15) is 0 Å². The van der Waals surface area contributed by atoms with E-state index in [1.165, 1.54) is 17.6 Å². The summed E-state index contributed by atoms with van der Waals surface area (Å²) in [6.45, 7) is 2.31. The number of sulfone groups is 1. The fraction of sp³-hybridized carbons (Fsp3) is 0.263. The van der Waals surface area contributed by atoms with Gasteiger partial charge >= 0.3 is 0 Å². The highest BCUT2D eigenvalue weighted by atomic mass is 79.9. The summed E-state index contributed by atoms with van der Waals surface area (Å²) in [6.07, 6.45) is 1.19. The van der Waals surface area contributed by atoms with Crippen LogP contribution in [-0.2, 0) is 9.84 Å². The summed E-state index contributed by atoms with van der Waals surface area (Å²) in [5.74, 6) is -0.0976. The summed E-state index contributed by atoms with van der Waals surface area (Å²) < 4.78 is 25.7. The van der Waals surface area contributed by atoms with Gasteiger partial charge in [-0.3, -0.25) is 4.79 Å². The van der Waals surface area contributed by atoms with Crippen LogP contribution in [0.15, 0.2) is 45.8 Å². The van der Waals surface area contributed by atoms with Gasteiger partial charge in [0.15, 0.2) is 15.0 Å². The Hall–Kier alpha value is -1.68. The van der Waals surface area contributed by atoms with Crippen LogP contribution in [0, 0.1) is 0 Å². The van der Waals surface area contributed by atoms with Crippen molar-refractivity contribution in [3.63, 3.8) is 0 Å². The molecule has 3 aromatic rings. The first-order chi connectivity index (χ1) is 13.7. The van der Waals surface area contributed by atoms with E-state index in [-0.39, 0.29) is 10.8 Å². The van der Waals surface area contributed by atoms with Crippen LogP contribution in [0.5, 0.6) is 0 Å². The molecule has 0 atom stereocenters. The molecular weight excluding hydrogens is 498 g/mol. The summed E-state index contributed by atoms with van der Waals surface area (Å²) in [5.41, 5.74) is 0.988. The Bertz CT molecular complexity index is 1200. The number of benzene rings is 2. The zero-order valence-electron chi connectivity index (χ0n) is 15.4. The molecule has 1 fully saturated rings. The Balaban J connectivity index is 1.53. The van der Waals surface area contributed by atoms with Gasteiger partial charge in [-0.25, -0.2) is 13.4 Å². The molecule has 1 aromatic heterocycles. The number of halogens is 2. The van der Waals surface area contributed by atoms with E-state index in [0.29, 0.717) is 42.3 Å². The highest BCUT2D eigenvalue weighted by Crippen LogP contribution is 2.33. The second-order valence-corrected chi connectivity index (χ2v) is 11.1. The molecular formula is C19H17BrClN3O3S2. The number of hydrogen-bond donors (Lipinski definition) is 0. The van der Waals surface area contributed by atoms with Crippen LogP contribution >= 0.6 is 38.9 Å². The molecule has 0 saturated carbocycles. The van der Waals surface area contributed by atoms with Gasteiger partial charge in [0.05, 0.1) is 20.2 Å². The molecule has 1 amide bonds. The SMILES string of the molecule is CS(=O)(=O)c1cccc2sc(N3CCN(C(=O)c4cc(Br)ccc4Cl)CC3)nc12. The number of thiazole rings is 1. The first-order valence-electron chi connectivity index (χ1n) is 8.83. The van der Waals surface area contributed by atoms with Crippen LogP contribution in [0.4, 0.5) is 5.13 Å². The number of carbonyl (C=O) groups is 1. The van der Waals surface area contributed by atoms with Crippen molar-refractivity contribution in [1.82, 2.24) is 9.88 Å². The number of anilines is 1. The molecule has 0 spiro atoms. The molecule has 29 heavy (non-hydrogen) atoms. The van der Waals surface area contributed by atoms with Crippen molar-refractivity contribution in [2.24, 2.45) is 0 Å². The largest absolute Gasteiger partial charge is 0.345 e. The van der Waals surface area contributed by atoms with Gasteiger partial charge in [0, 0.05) is 36.9 Å². The van der Waals surface area contributed by atoms with Crippen molar-refractivity contribution in [2.45, 2.75) is 4.90 Å². The number of aromatic nitrogens is 1. The van der Waals surface area contributed by atoms with Crippen molar-refractivity contribution in [3.8, 4) is 0 Å². The zero-order chi connectivity index (χ0) is 20.8. The molecule has 152 valence electrons. The predicted molar refractivity (Wildman–Crippen MR) is 120 cm³/mol. The molecule has 2 heterocycles. The lowest BCUT2D eigenvalue weighted by atomic mass is 10.2. The number of fused-ring (bicyclic) bond motifs is 1. The van der Waals surface area contributed by atoms with E-state index in [9.17, 15) is 13.2 Å². The Labute approximate surface area is 186 Å². The number of rotatable bonds is 3. The molecule has 0 bridgehead atoms. The Kier molecular flexibility index (Phi) is 5.58. The highest BCUT2D eigenvalue weighted by molar-refractivity contribution is 9.10. The van der Waals surface area contributed by atoms with Gasteiger partial charge in [-0.1, -0.05) is 44.9 Å². The summed E-state index contributed by atoms with van der Waals surface area (Å²) in [5, 5.41) is 1.20. The lowest BCUT2D eigenvalue weighted by molar-refractivity contribution is 0.0747. The average Bonchev–Trinajstić information content (AvgIpc) is 3.13. The number of carbonyl (C=O) groups excluding carboxylic acids is 1. The second-order valence-electron chi connectivity index (χ2n) is 6.77. The maximum absolute atomic E-state index is 12.8. The third kappa shape index (κ3) is 4.14. The Morgan fingerprint density at radius 1 is 1.17 bits per heavy atom. The lowest BCUT2D eigenvalue weighted by Gasteiger charge is -2.34. The Morgan fingerprint density at radius 3 is 2.59 bits per heavy atom.